The van der Waals surface area contributed by atoms with Crippen molar-refractivity contribution in [3.63, 3.8) is 0 Å². The molecule has 1 amide bonds. The highest BCUT2D eigenvalue weighted by atomic mass is 35.5. The van der Waals surface area contributed by atoms with Gasteiger partial charge in [-0.2, -0.15) is 0 Å². The van der Waals surface area contributed by atoms with Gasteiger partial charge in [-0.1, -0.05) is 41.4 Å². The Morgan fingerprint density at radius 1 is 0.967 bits per heavy atom. The number of carbonyl (C=O) groups is 2. The van der Waals surface area contributed by atoms with Crippen LogP contribution in [0.2, 0.25) is 10.0 Å². The summed E-state index contributed by atoms with van der Waals surface area (Å²) in [6.07, 6.45) is 1.08. The zero-order chi connectivity index (χ0) is 21.4. The van der Waals surface area contributed by atoms with Crippen LogP contribution in [0, 0.1) is 0 Å². The van der Waals surface area contributed by atoms with Gasteiger partial charge in [0.25, 0.3) is 0 Å². The molecule has 1 heterocycles. The Labute approximate surface area is 185 Å². The van der Waals surface area contributed by atoms with Gasteiger partial charge >= 0.3 is 0 Å². The minimum Gasteiger partial charge on any atom is -0.493 e. The molecular weight excluding hydrogens is 425 g/mol. The molecule has 0 spiro atoms. The summed E-state index contributed by atoms with van der Waals surface area (Å²) < 4.78 is 11.0. The second-order valence-corrected chi connectivity index (χ2v) is 8.30. The van der Waals surface area contributed by atoms with Crippen LogP contribution in [0.5, 0.6) is 11.5 Å². The first-order valence-electron chi connectivity index (χ1n) is 9.64. The molecule has 0 fully saturated rings. The van der Waals surface area contributed by atoms with Gasteiger partial charge < -0.3 is 14.8 Å². The summed E-state index contributed by atoms with van der Waals surface area (Å²) in [5.41, 5.74) is 3.03. The standard InChI is InChI=1S/C23H21Cl2NO4/c1-29-20-5-3-4-14(23(20)30-2)15-11-21(28)26-18-9-13(10-19(27)22(15)18)12-6-7-16(24)17(25)8-12/h3-8,13,15H,9-11H2,1-2H3,(H,26,28). The summed E-state index contributed by atoms with van der Waals surface area (Å²) in [6.45, 7) is 0. The molecule has 2 unspecified atom stereocenters. The number of nitrogens with one attached hydrogen (secondary N) is 1. The second-order valence-electron chi connectivity index (χ2n) is 7.48. The van der Waals surface area contributed by atoms with Crippen LogP contribution in [0.4, 0.5) is 0 Å². The van der Waals surface area contributed by atoms with Crippen LogP contribution in [0.25, 0.3) is 0 Å². The molecule has 5 nitrogen and oxygen atoms in total. The van der Waals surface area contributed by atoms with Gasteiger partial charge in [0.15, 0.2) is 17.3 Å². The van der Waals surface area contributed by atoms with E-state index in [0.717, 1.165) is 11.1 Å². The van der Waals surface area contributed by atoms with Crippen molar-refractivity contribution >= 4 is 34.9 Å². The Balaban J connectivity index is 1.76. The quantitative estimate of drug-likeness (QED) is 0.717. The molecular formula is C23H21Cl2NO4. The van der Waals surface area contributed by atoms with E-state index >= 15 is 0 Å². The molecule has 2 atom stereocenters. The van der Waals surface area contributed by atoms with E-state index in [9.17, 15) is 9.59 Å². The summed E-state index contributed by atoms with van der Waals surface area (Å²) >= 11 is 12.2. The first-order chi connectivity index (χ1) is 14.4. The number of ketones is 1. The maximum absolute atomic E-state index is 13.3. The lowest BCUT2D eigenvalue weighted by molar-refractivity contribution is -0.122. The van der Waals surface area contributed by atoms with Crippen molar-refractivity contribution in [1.82, 2.24) is 5.32 Å². The predicted molar refractivity (Wildman–Crippen MR) is 116 cm³/mol. The number of carbonyl (C=O) groups excluding carboxylic acids is 2. The lowest BCUT2D eigenvalue weighted by Crippen LogP contribution is -2.38. The minimum absolute atomic E-state index is 0.0159. The summed E-state index contributed by atoms with van der Waals surface area (Å²) in [5, 5.41) is 3.85. The number of hydrogen-bond acceptors (Lipinski definition) is 4. The van der Waals surface area contributed by atoms with Crippen molar-refractivity contribution in [3.05, 3.63) is 68.8 Å². The van der Waals surface area contributed by atoms with Gasteiger partial charge in [0.1, 0.15) is 0 Å². The van der Waals surface area contributed by atoms with Crippen LogP contribution in [-0.4, -0.2) is 25.9 Å². The highest BCUT2D eigenvalue weighted by molar-refractivity contribution is 6.42. The Kier molecular flexibility index (Phi) is 5.76. The van der Waals surface area contributed by atoms with Gasteiger partial charge in [-0.25, -0.2) is 0 Å². The van der Waals surface area contributed by atoms with Gasteiger partial charge in [-0.15, -0.1) is 0 Å². The average Bonchev–Trinajstić information content (AvgIpc) is 2.73. The number of benzene rings is 2. The number of allylic oxidation sites excluding steroid dienone is 2. The number of ether oxygens (including phenoxy) is 2. The monoisotopic (exact) mass is 445 g/mol. The van der Waals surface area contributed by atoms with Crippen molar-refractivity contribution < 1.29 is 19.1 Å². The molecule has 0 aromatic heterocycles. The van der Waals surface area contributed by atoms with E-state index in [1.165, 1.54) is 0 Å². The van der Waals surface area contributed by atoms with E-state index < -0.39 is 0 Å². The largest absolute Gasteiger partial charge is 0.493 e. The maximum atomic E-state index is 13.3. The van der Waals surface area contributed by atoms with Crippen molar-refractivity contribution in [2.75, 3.05) is 14.2 Å². The van der Waals surface area contributed by atoms with E-state index in [-0.39, 0.29) is 29.9 Å². The molecule has 1 N–H and O–H groups in total. The normalized spacial score (nSPS) is 21.2. The SMILES string of the molecule is COc1cccc(C2CC(=O)NC3=C2C(=O)CC(c2ccc(Cl)c(Cl)c2)C3)c1OC. The Morgan fingerprint density at radius 2 is 1.77 bits per heavy atom. The van der Waals surface area contributed by atoms with Gasteiger partial charge in [0, 0.05) is 35.6 Å². The highest BCUT2D eigenvalue weighted by Gasteiger charge is 2.39. The van der Waals surface area contributed by atoms with Crippen LogP contribution in [0.1, 0.15) is 42.2 Å². The number of amides is 1. The molecule has 30 heavy (non-hydrogen) atoms. The van der Waals surface area contributed by atoms with E-state index in [1.807, 2.05) is 18.2 Å². The third-order valence-electron chi connectivity index (χ3n) is 5.76. The Hall–Kier alpha value is -2.50. The summed E-state index contributed by atoms with van der Waals surface area (Å²) in [6, 6.07) is 10.9. The van der Waals surface area contributed by atoms with Gasteiger partial charge in [-0.05, 0) is 36.1 Å². The van der Waals surface area contributed by atoms with Crippen LogP contribution in [0.3, 0.4) is 0 Å². The molecule has 2 aromatic rings. The molecule has 1 aliphatic carbocycles. The van der Waals surface area contributed by atoms with Crippen LogP contribution in [-0.2, 0) is 9.59 Å². The topological polar surface area (TPSA) is 64.6 Å². The van der Waals surface area contributed by atoms with Crippen molar-refractivity contribution in [2.24, 2.45) is 0 Å². The molecule has 4 rings (SSSR count). The number of hydrogen-bond donors (Lipinski definition) is 1. The van der Waals surface area contributed by atoms with E-state index in [2.05, 4.69) is 5.32 Å². The zero-order valence-electron chi connectivity index (χ0n) is 16.6. The van der Waals surface area contributed by atoms with E-state index in [4.69, 9.17) is 32.7 Å². The fourth-order valence-electron chi connectivity index (χ4n) is 4.41. The van der Waals surface area contributed by atoms with Crippen molar-refractivity contribution in [1.29, 1.82) is 0 Å². The van der Waals surface area contributed by atoms with Gasteiger partial charge in [0.2, 0.25) is 5.91 Å². The lowest BCUT2D eigenvalue weighted by atomic mass is 9.73. The molecule has 156 valence electrons. The predicted octanol–water partition coefficient (Wildman–Crippen LogP) is 5.01. The molecule has 2 aliphatic rings. The summed E-state index contributed by atoms with van der Waals surface area (Å²) in [7, 11) is 3.12. The first-order valence-corrected chi connectivity index (χ1v) is 10.4. The molecule has 0 saturated carbocycles. The van der Waals surface area contributed by atoms with E-state index in [0.29, 0.717) is 45.7 Å². The number of methoxy groups -OCH3 is 2. The summed E-state index contributed by atoms with van der Waals surface area (Å²) in [4.78, 5) is 25.8. The van der Waals surface area contributed by atoms with Crippen LogP contribution in [0.15, 0.2) is 47.7 Å². The minimum atomic E-state index is -0.374. The molecule has 2 aromatic carbocycles. The molecule has 0 bridgehead atoms. The highest BCUT2D eigenvalue weighted by Crippen LogP contribution is 2.46. The first kappa shape index (κ1) is 20.8. The number of rotatable bonds is 4. The smallest absolute Gasteiger partial charge is 0.225 e. The maximum Gasteiger partial charge on any atom is 0.225 e. The molecule has 7 heteroatoms. The van der Waals surface area contributed by atoms with Gasteiger partial charge in [0.05, 0.1) is 24.3 Å². The molecule has 0 radical (unpaired) electrons. The summed E-state index contributed by atoms with van der Waals surface area (Å²) in [5.74, 6) is 0.567. The Morgan fingerprint density at radius 3 is 2.47 bits per heavy atom. The van der Waals surface area contributed by atoms with Crippen molar-refractivity contribution in [3.8, 4) is 11.5 Å². The van der Waals surface area contributed by atoms with Gasteiger partial charge in [-0.3, -0.25) is 9.59 Å². The Bertz CT molecular complexity index is 1060. The third kappa shape index (κ3) is 3.68. The lowest BCUT2D eigenvalue weighted by Gasteiger charge is -2.35. The van der Waals surface area contributed by atoms with E-state index in [1.54, 1.807) is 32.4 Å². The molecule has 1 aliphatic heterocycles. The second kappa shape index (κ2) is 8.32. The van der Waals surface area contributed by atoms with Crippen molar-refractivity contribution in [2.45, 2.75) is 31.1 Å². The molecule has 0 saturated heterocycles. The number of para-hydroxylation sites is 1. The fraction of sp³-hybridized carbons (Fsp3) is 0.304. The zero-order valence-corrected chi connectivity index (χ0v) is 18.1. The number of Topliss-reactive ketones (excluding diaryl/α,β-unsaturated/α-hetero) is 1. The average molecular weight is 446 g/mol. The number of halogens is 2. The van der Waals surface area contributed by atoms with Crippen LogP contribution >= 0.6 is 23.2 Å². The third-order valence-corrected chi connectivity index (χ3v) is 6.50. The van der Waals surface area contributed by atoms with Crippen LogP contribution < -0.4 is 14.8 Å². The fourth-order valence-corrected chi connectivity index (χ4v) is 4.72.